The van der Waals surface area contributed by atoms with Crippen LogP contribution in [-0.2, 0) is 19.1 Å². The number of carbonyl (C=O) groups excluding carboxylic acids is 1. The van der Waals surface area contributed by atoms with Gasteiger partial charge in [-0.3, -0.25) is 4.79 Å². The van der Waals surface area contributed by atoms with E-state index in [9.17, 15) is 4.79 Å². The average Bonchev–Trinajstić information content (AvgIpc) is 3.55. The predicted octanol–water partition coefficient (Wildman–Crippen LogP) is 10.0. The molecule has 0 aromatic rings. The maximum Gasteiger partial charge on any atom is 0.171 e. The van der Waals surface area contributed by atoms with Gasteiger partial charge in [0.05, 0.1) is 5.71 Å². The van der Waals surface area contributed by atoms with Crippen LogP contribution < -0.4 is 0 Å². The summed E-state index contributed by atoms with van der Waals surface area (Å²) in [6.07, 6.45) is 18.6. The summed E-state index contributed by atoms with van der Waals surface area (Å²) in [6.45, 7) is 13.9. The second kappa shape index (κ2) is 12.6. The van der Waals surface area contributed by atoms with Crippen LogP contribution in [-0.4, -0.2) is 38.6 Å². The lowest BCUT2D eigenvalue weighted by atomic mass is 9.51. The molecule has 0 unspecified atom stereocenters. The molecule has 4 saturated carbocycles. The summed E-state index contributed by atoms with van der Waals surface area (Å²) < 4.78 is 11.5. The molecule has 5 nitrogen and oxygen atoms in total. The van der Waals surface area contributed by atoms with Crippen LogP contribution >= 0.6 is 0 Å². The lowest BCUT2D eigenvalue weighted by Crippen LogP contribution is -2.48. The Hall–Kier alpha value is -1.72. The second-order valence-electron chi connectivity index (χ2n) is 17.8. The Bertz CT molecular complexity index is 1370. The Morgan fingerprint density at radius 2 is 1.32 bits per heavy atom. The van der Waals surface area contributed by atoms with Crippen LogP contribution in [0.15, 0.2) is 39.6 Å². The monoisotopic (exact) mass is 645 g/mol. The molecule has 47 heavy (non-hydrogen) atoms. The molecule has 8 rings (SSSR count). The molecule has 8 aliphatic carbocycles. The minimum absolute atomic E-state index is 0.0228. The minimum atomic E-state index is -0.405. The maximum absolute atomic E-state index is 12.5. The van der Waals surface area contributed by atoms with E-state index in [4.69, 9.17) is 14.3 Å². The van der Waals surface area contributed by atoms with Gasteiger partial charge in [-0.1, -0.05) is 67.3 Å². The molecule has 5 heteroatoms. The minimum Gasteiger partial charge on any atom is -0.399 e. The second-order valence-corrected chi connectivity index (χ2v) is 17.8. The topological polar surface area (TPSA) is 57.1 Å². The van der Waals surface area contributed by atoms with E-state index in [-0.39, 0.29) is 5.41 Å². The van der Waals surface area contributed by atoms with Crippen molar-refractivity contribution < 1.29 is 19.1 Å². The van der Waals surface area contributed by atoms with Crippen molar-refractivity contribution in [2.75, 3.05) is 21.3 Å². The number of oxime groups is 1. The summed E-state index contributed by atoms with van der Waals surface area (Å²) in [6, 6.07) is 0. The highest BCUT2D eigenvalue weighted by Gasteiger charge is 2.58. The number of carbonyl (C=O) groups is 1. The van der Waals surface area contributed by atoms with Crippen LogP contribution in [0.3, 0.4) is 0 Å². The fourth-order valence-electron chi connectivity index (χ4n) is 13.4. The number of rotatable bonds is 3. The molecule has 0 radical (unpaired) electrons. The highest BCUT2D eigenvalue weighted by Crippen LogP contribution is 2.63. The largest absolute Gasteiger partial charge is 0.399 e. The van der Waals surface area contributed by atoms with Crippen molar-refractivity contribution in [3.63, 3.8) is 0 Å². The van der Waals surface area contributed by atoms with Crippen molar-refractivity contribution in [3.8, 4) is 0 Å². The van der Waals surface area contributed by atoms with Gasteiger partial charge in [-0.15, -0.1) is 0 Å². The molecule has 0 amide bonds. The van der Waals surface area contributed by atoms with Gasteiger partial charge in [-0.2, -0.15) is 0 Å². The highest BCUT2D eigenvalue weighted by atomic mass is 16.7. The van der Waals surface area contributed by atoms with E-state index in [0.29, 0.717) is 34.9 Å². The van der Waals surface area contributed by atoms with Crippen LogP contribution in [0.1, 0.15) is 130 Å². The molecule has 260 valence electrons. The molecule has 0 aliphatic heterocycles. The SMILES string of the molecule is C=C1CCC2=C(C1)C[C@@H](C)[C@@H]1[C@@H]2CC[C@]2(C)C(=NOC)CC[C@@H]12.COC1(OC)CCC2=C(C[C@@H](C)[C@@H]3[C@@H]2CC[C@]2(C)C(=O)CC[C@@H]32)C1. The molecule has 4 fully saturated rings. The maximum atomic E-state index is 12.5. The van der Waals surface area contributed by atoms with Crippen molar-refractivity contribution in [2.24, 2.45) is 63.3 Å². The van der Waals surface area contributed by atoms with E-state index >= 15 is 0 Å². The lowest BCUT2D eigenvalue weighted by Gasteiger charge is -2.53. The van der Waals surface area contributed by atoms with Gasteiger partial charge < -0.3 is 14.3 Å². The van der Waals surface area contributed by atoms with Gasteiger partial charge >= 0.3 is 0 Å². The standard InChI is InChI=1S/C21H31NO.C21H32O3/c1-13-5-6-16-15(11-13)12-14(2)20-17(16)9-10-21(3)18(20)7-8-19(21)22-23-4;1-13-11-14-12-21(23-3,24-4)10-8-15(14)16-7-9-20(2)17(19(13)16)5-6-18(20)22/h14,17-18,20H,1,5-12H2,2-4H3;13,16-17,19H,5-12H2,1-4H3/t14-,17-,18+,20-,21+;13-,16-,17+,19-,20+/m11/s1. The number of allylic oxidation sites excluding steroid dienone is 4. The molecule has 10 atom stereocenters. The number of Topliss-reactive ketones (excluding diaryl/α,β-unsaturated/α-hetero) is 1. The van der Waals surface area contributed by atoms with Crippen molar-refractivity contribution in [3.05, 3.63) is 34.4 Å². The van der Waals surface area contributed by atoms with Crippen molar-refractivity contribution in [1.29, 1.82) is 0 Å². The van der Waals surface area contributed by atoms with Gasteiger partial charge in [0.1, 0.15) is 12.9 Å². The average molecular weight is 646 g/mol. The Morgan fingerprint density at radius 3 is 1.98 bits per heavy atom. The van der Waals surface area contributed by atoms with E-state index in [1.54, 1.807) is 38.0 Å². The number of fused-ring (bicyclic) bond motifs is 8. The molecule has 0 bridgehead atoms. The molecule has 0 spiro atoms. The summed E-state index contributed by atoms with van der Waals surface area (Å²) in [4.78, 5) is 17.7. The first-order valence-electron chi connectivity index (χ1n) is 19.3. The predicted molar refractivity (Wildman–Crippen MR) is 189 cm³/mol. The normalized spacial score (nSPS) is 44.4. The highest BCUT2D eigenvalue weighted by molar-refractivity contribution is 5.92. The van der Waals surface area contributed by atoms with Crippen molar-refractivity contribution in [1.82, 2.24) is 0 Å². The Balaban J connectivity index is 0.000000150. The first-order chi connectivity index (χ1) is 22.5. The van der Waals surface area contributed by atoms with Crippen LogP contribution in [0, 0.1) is 58.2 Å². The van der Waals surface area contributed by atoms with Crippen LogP contribution in [0.2, 0.25) is 0 Å². The summed E-state index contributed by atoms with van der Waals surface area (Å²) in [7, 11) is 5.26. The fourth-order valence-corrected chi connectivity index (χ4v) is 13.4. The third-order valence-electron chi connectivity index (χ3n) is 15.8. The fraction of sp³-hybridized carbons (Fsp3) is 0.810. The van der Waals surface area contributed by atoms with Crippen LogP contribution in [0.4, 0.5) is 0 Å². The lowest BCUT2D eigenvalue weighted by molar-refractivity contribution is -0.213. The molecule has 0 heterocycles. The van der Waals surface area contributed by atoms with Gasteiger partial charge in [-0.05, 0) is 131 Å². The van der Waals surface area contributed by atoms with Gasteiger partial charge in [0.2, 0.25) is 0 Å². The number of hydrogen-bond acceptors (Lipinski definition) is 5. The van der Waals surface area contributed by atoms with Gasteiger partial charge in [0.15, 0.2) is 5.79 Å². The third-order valence-corrected chi connectivity index (χ3v) is 15.8. The molecular formula is C42H63NO4. The van der Waals surface area contributed by atoms with E-state index in [2.05, 4.69) is 39.4 Å². The number of ether oxygens (including phenoxy) is 2. The van der Waals surface area contributed by atoms with Gasteiger partial charge in [0, 0.05) is 44.3 Å². The number of hydrogen-bond donors (Lipinski definition) is 0. The summed E-state index contributed by atoms with van der Waals surface area (Å²) in [5, 5.41) is 4.43. The number of methoxy groups -OCH3 is 2. The number of nitrogens with zero attached hydrogens (tertiary/aromatic N) is 1. The Kier molecular flexibility index (Phi) is 9.02. The zero-order valence-electron chi connectivity index (χ0n) is 30.7. The van der Waals surface area contributed by atoms with Crippen LogP contribution in [0.5, 0.6) is 0 Å². The first-order valence-corrected chi connectivity index (χ1v) is 19.3. The molecule has 0 aromatic carbocycles. The third kappa shape index (κ3) is 5.38. The summed E-state index contributed by atoms with van der Waals surface area (Å²) >= 11 is 0. The van der Waals surface area contributed by atoms with E-state index < -0.39 is 5.79 Å². The quantitative estimate of drug-likeness (QED) is 0.174. The van der Waals surface area contributed by atoms with Crippen molar-refractivity contribution >= 4 is 11.5 Å². The van der Waals surface area contributed by atoms with Gasteiger partial charge in [-0.25, -0.2) is 0 Å². The molecular weight excluding hydrogens is 582 g/mol. The first kappa shape index (κ1) is 33.8. The van der Waals surface area contributed by atoms with E-state index in [0.717, 1.165) is 68.6 Å². The van der Waals surface area contributed by atoms with Gasteiger partial charge in [0.25, 0.3) is 0 Å². The molecule has 0 saturated heterocycles. The Morgan fingerprint density at radius 1 is 0.723 bits per heavy atom. The molecule has 8 aliphatic rings. The molecule has 0 aromatic heterocycles. The molecule has 0 N–H and O–H groups in total. The number of ketones is 1. The zero-order valence-corrected chi connectivity index (χ0v) is 30.7. The van der Waals surface area contributed by atoms with Crippen molar-refractivity contribution in [2.45, 2.75) is 136 Å². The summed E-state index contributed by atoms with van der Waals surface area (Å²) in [5.74, 6) is 6.19. The van der Waals surface area contributed by atoms with E-state index in [1.165, 1.54) is 69.1 Å². The zero-order chi connectivity index (χ0) is 33.3. The Labute approximate surface area is 285 Å². The van der Waals surface area contributed by atoms with Crippen LogP contribution in [0.25, 0.3) is 0 Å². The smallest absolute Gasteiger partial charge is 0.171 e. The summed E-state index contributed by atoms with van der Waals surface area (Å²) in [5.41, 5.74) is 10.0. The van der Waals surface area contributed by atoms with E-state index in [1.807, 2.05) is 5.57 Å².